The van der Waals surface area contributed by atoms with Crippen molar-refractivity contribution in [2.75, 3.05) is 37.9 Å². The zero-order valence-corrected chi connectivity index (χ0v) is 26.2. The minimum atomic E-state index is -4.86. The van der Waals surface area contributed by atoms with Crippen molar-refractivity contribution in [3.63, 3.8) is 0 Å². The summed E-state index contributed by atoms with van der Waals surface area (Å²) in [4.78, 5) is 34.4. The van der Waals surface area contributed by atoms with Gasteiger partial charge in [0.05, 0.1) is 29.6 Å². The number of amides is 1. The van der Waals surface area contributed by atoms with Crippen molar-refractivity contribution in [1.82, 2.24) is 25.7 Å². The summed E-state index contributed by atoms with van der Waals surface area (Å²) in [5, 5.41) is 21.8. The lowest BCUT2D eigenvalue weighted by Crippen LogP contribution is -2.47. The Bertz CT molecular complexity index is 1640. The maximum atomic E-state index is 14.1. The Hall–Kier alpha value is -4.44. The number of carbonyl (C=O) groups is 1. The molecule has 246 valence electrons. The molecule has 46 heavy (non-hydrogen) atoms. The zero-order valence-electron chi connectivity index (χ0n) is 25.3. The number of hydrogen-bond donors (Lipinski definition) is 6. The molecular weight excluding hydrogens is 632 g/mol. The van der Waals surface area contributed by atoms with Gasteiger partial charge in [-0.25, -0.2) is 9.97 Å². The number of anilines is 4. The first kappa shape index (κ1) is 34.4. The number of ether oxygens (including phenoxy) is 1. The van der Waals surface area contributed by atoms with Crippen LogP contribution in [0.15, 0.2) is 41.6 Å². The van der Waals surface area contributed by atoms with Crippen LogP contribution in [-0.4, -0.2) is 64.4 Å². The first-order valence-corrected chi connectivity index (χ1v) is 14.9. The van der Waals surface area contributed by atoms with Gasteiger partial charge in [-0.2, -0.15) is 23.3 Å². The van der Waals surface area contributed by atoms with Crippen LogP contribution in [0.1, 0.15) is 47.6 Å². The van der Waals surface area contributed by atoms with Crippen molar-refractivity contribution in [2.45, 2.75) is 38.5 Å². The van der Waals surface area contributed by atoms with Gasteiger partial charge in [-0.15, -0.1) is 9.42 Å². The van der Waals surface area contributed by atoms with E-state index in [0.717, 1.165) is 0 Å². The Balaban J connectivity index is 1.74. The normalized spacial score (nSPS) is 16.5. The zero-order chi connectivity index (χ0) is 33.7. The predicted octanol–water partition coefficient (Wildman–Crippen LogP) is 4.15. The number of carbonyl (C=O) groups excluding carboxylic acids is 1. The first-order chi connectivity index (χ1) is 21.7. The molecule has 18 heteroatoms. The number of aromatic nitrogens is 3. The van der Waals surface area contributed by atoms with E-state index in [9.17, 15) is 27.6 Å². The highest BCUT2D eigenvalue weighted by Gasteiger charge is 2.48. The molecule has 0 spiro atoms. The van der Waals surface area contributed by atoms with Gasteiger partial charge in [0.2, 0.25) is 5.95 Å². The van der Waals surface area contributed by atoms with E-state index < -0.39 is 42.5 Å². The molecule has 0 radical (unpaired) electrons. The topological polar surface area (TPSA) is 192 Å². The fourth-order valence-corrected chi connectivity index (χ4v) is 5.20. The number of aliphatic hydroxyl groups excluding tert-OH is 1. The number of pyridine rings is 1. The van der Waals surface area contributed by atoms with Gasteiger partial charge in [-0.3, -0.25) is 4.79 Å². The van der Waals surface area contributed by atoms with Gasteiger partial charge in [0.25, 0.3) is 5.91 Å². The molecule has 1 aliphatic heterocycles. The van der Waals surface area contributed by atoms with Crippen LogP contribution in [0.25, 0.3) is 0 Å². The summed E-state index contributed by atoms with van der Waals surface area (Å²) < 4.78 is 63.2. The lowest BCUT2D eigenvalue weighted by molar-refractivity contribution is -0.137. The minimum Gasteiger partial charge on any atom is -0.495 e. The summed E-state index contributed by atoms with van der Waals surface area (Å²) >= 11 is 0. The monoisotopic (exact) mass is 665 g/mol. The lowest BCUT2D eigenvalue weighted by Gasteiger charge is -2.41. The minimum absolute atomic E-state index is 0.0552. The van der Waals surface area contributed by atoms with Crippen molar-refractivity contribution in [3.05, 3.63) is 59.0 Å². The van der Waals surface area contributed by atoms with Gasteiger partial charge < -0.3 is 31.2 Å². The van der Waals surface area contributed by atoms with Crippen LogP contribution in [0.2, 0.25) is 0 Å². The Morgan fingerprint density at radius 1 is 1.15 bits per heavy atom. The predicted molar refractivity (Wildman–Crippen MR) is 162 cm³/mol. The summed E-state index contributed by atoms with van der Waals surface area (Å²) in [6.07, 6.45) is -2.22. The molecule has 0 saturated carbocycles. The standard InChI is InChI=1S/C28H32F3N8O6P/c1-26(2,9-10-40)27(14-34-35-15-27)21-8-7-19(22(38-21)24(41)32-3)36-23-17(28(29,30)31)12-33-25(39-23)37-18-6-5-16(11-20(18)44-4)13-45-46(42)43/h5-8,11-12,14,35,40H,9-10,13,15H2,1-4H3,(H3-,32,33,36,37,39,41,42,43)/p+1. The number of nitrogens with zero attached hydrogens (tertiary/aromatic N) is 4. The van der Waals surface area contributed by atoms with Crippen LogP contribution in [0.4, 0.5) is 36.3 Å². The average molecular weight is 666 g/mol. The molecule has 0 fully saturated rings. The summed E-state index contributed by atoms with van der Waals surface area (Å²) in [5.74, 6) is -1.32. The molecule has 6 N–H and O–H groups in total. The molecule has 4 rings (SSSR count). The Kier molecular flexibility index (Phi) is 10.4. The molecule has 3 heterocycles. The highest BCUT2D eigenvalue weighted by molar-refractivity contribution is 7.32. The molecule has 1 aromatic carbocycles. The van der Waals surface area contributed by atoms with E-state index in [1.807, 2.05) is 13.8 Å². The van der Waals surface area contributed by atoms with Crippen LogP contribution >= 0.6 is 8.25 Å². The van der Waals surface area contributed by atoms with Gasteiger partial charge in [-0.05, 0) is 41.7 Å². The van der Waals surface area contributed by atoms with Crippen molar-refractivity contribution >= 4 is 43.5 Å². The van der Waals surface area contributed by atoms with Crippen molar-refractivity contribution < 1.29 is 41.8 Å². The molecule has 1 amide bonds. The van der Waals surface area contributed by atoms with Gasteiger partial charge in [-0.1, -0.05) is 19.9 Å². The molecule has 1 aliphatic rings. The van der Waals surface area contributed by atoms with Crippen LogP contribution in [0.5, 0.6) is 5.75 Å². The van der Waals surface area contributed by atoms with E-state index in [4.69, 9.17) is 14.2 Å². The lowest BCUT2D eigenvalue weighted by atomic mass is 9.62. The highest BCUT2D eigenvalue weighted by Crippen LogP contribution is 2.44. The van der Waals surface area contributed by atoms with Crippen LogP contribution in [0.3, 0.4) is 0 Å². The Morgan fingerprint density at radius 2 is 1.89 bits per heavy atom. The Morgan fingerprint density at radius 3 is 2.50 bits per heavy atom. The number of halogens is 3. The number of methoxy groups -OCH3 is 1. The van der Waals surface area contributed by atoms with E-state index in [-0.39, 0.29) is 42.0 Å². The summed E-state index contributed by atoms with van der Waals surface area (Å²) in [6, 6.07) is 7.60. The van der Waals surface area contributed by atoms with Crippen molar-refractivity contribution in [3.8, 4) is 5.75 Å². The molecule has 3 aromatic rings. The first-order valence-electron chi connectivity index (χ1n) is 13.8. The van der Waals surface area contributed by atoms with Crippen LogP contribution in [0, 0.1) is 5.41 Å². The van der Waals surface area contributed by atoms with Gasteiger partial charge >= 0.3 is 14.4 Å². The third-order valence-corrected chi connectivity index (χ3v) is 8.02. The van der Waals surface area contributed by atoms with E-state index >= 15 is 0 Å². The number of alkyl halides is 3. The second-order valence-corrected chi connectivity index (χ2v) is 11.6. The van der Waals surface area contributed by atoms with E-state index in [1.165, 1.54) is 32.4 Å². The second kappa shape index (κ2) is 13.9. The van der Waals surface area contributed by atoms with E-state index in [2.05, 4.69) is 41.4 Å². The third kappa shape index (κ3) is 7.33. The summed E-state index contributed by atoms with van der Waals surface area (Å²) in [5.41, 5.74) is 1.26. The number of hydrazone groups is 1. The SMILES string of the molecule is CNC(=O)c1nc(C2(C(C)(C)CCO)C=NNC2)ccc1Nc1nc(Nc2ccc(CO[P+](=O)O)cc2OC)ncc1C(F)(F)F. The number of hydrogen-bond acceptors (Lipinski definition) is 12. The van der Waals surface area contributed by atoms with Gasteiger partial charge in [0.1, 0.15) is 23.7 Å². The van der Waals surface area contributed by atoms with Crippen LogP contribution < -0.4 is 26.1 Å². The molecule has 0 saturated heterocycles. The van der Waals surface area contributed by atoms with Crippen molar-refractivity contribution in [1.29, 1.82) is 0 Å². The smallest absolute Gasteiger partial charge is 0.495 e. The molecule has 0 aliphatic carbocycles. The summed E-state index contributed by atoms with van der Waals surface area (Å²) in [7, 11) is -0.0909. The number of rotatable bonds is 13. The Labute approximate surface area is 262 Å². The third-order valence-electron chi connectivity index (χ3n) is 7.67. The second-order valence-electron chi connectivity index (χ2n) is 10.8. The highest BCUT2D eigenvalue weighted by atomic mass is 31.1. The number of benzene rings is 1. The quantitative estimate of drug-likeness (QED) is 0.143. The molecule has 0 bridgehead atoms. The number of aliphatic hydroxyl groups is 1. The maximum absolute atomic E-state index is 14.1. The molecule has 14 nitrogen and oxygen atoms in total. The molecule has 2 unspecified atom stereocenters. The fourth-order valence-electron chi connectivity index (χ4n) is 4.94. The maximum Gasteiger partial charge on any atom is 0.695 e. The average Bonchev–Trinajstić information content (AvgIpc) is 3.52. The van der Waals surface area contributed by atoms with E-state index in [0.29, 0.717) is 30.4 Å². The number of nitrogens with one attached hydrogen (secondary N) is 4. The van der Waals surface area contributed by atoms with Gasteiger partial charge in [0.15, 0.2) is 5.69 Å². The molecule has 2 aromatic heterocycles. The molecule has 2 atom stereocenters. The van der Waals surface area contributed by atoms with E-state index in [1.54, 1.807) is 18.3 Å². The van der Waals surface area contributed by atoms with Crippen LogP contribution in [-0.2, 0) is 27.3 Å². The molecular formula is C28H33F3N8O6P+. The fraction of sp³-hybridized carbons (Fsp3) is 0.393. The largest absolute Gasteiger partial charge is 0.695 e. The van der Waals surface area contributed by atoms with Gasteiger partial charge in [0, 0.05) is 37.2 Å². The van der Waals surface area contributed by atoms with Crippen molar-refractivity contribution in [2.24, 2.45) is 10.5 Å². The summed E-state index contributed by atoms with van der Waals surface area (Å²) in [6.45, 7) is 3.89.